The molecule has 3 nitrogen and oxygen atoms in total. The van der Waals surface area contributed by atoms with E-state index in [4.69, 9.17) is 9.47 Å². The maximum absolute atomic E-state index is 5.71. The van der Waals surface area contributed by atoms with E-state index in [9.17, 15) is 0 Å². The van der Waals surface area contributed by atoms with Crippen LogP contribution in [0, 0.1) is 6.92 Å². The van der Waals surface area contributed by atoms with Gasteiger partial charge in [-0.2, -0.15) is 0 Å². The standard InChI is InChI=1S/C13H21NO2/c1-5-14-11(3)9-16-12-7-6-10(2)8-13(12)15-4/h6-8,11,14H,5,9H2,1-4H3. The van der Waals surface area contributed by atoms with Crippen molar-refractivity contribution in [1.82, 2.24) is 5.32 Å². The highest BCUT2D eigenvalue weighted by Gasteiger charge is 2.06. The second kappa shape index (κ2) is 6.38. The molecule has 0 saturated carbocycles. The van der Waals surface area contributed by atoms with Crippen molar-refractivity contribution in [2.75, 3.05) is 20.3 Å². The summed E-state index contributed by atoms with van der Waals surface area (Å²) < 4.78 is 11.0. The lowest BCUT2D eigenvalue weighted by atomic mass is 10.2. The molecular formula is C13H21NO2. The normalized spacial score (nSPS) is 12.2. The molecule has 0 aromatic heterocycles. The van der Waals surface area contributed by atoms with Crippen molar-refractivity contribution >= 4 is 0 Å². The van der Waals surface area contributed by atoms with Gasteiger partial charge < -0.3 is 14.8 Å². The molecule has 0 spiro atoms. The molecule has 1 unspecified atom stereocenters. The molecule has 0 amide bonds. The van der Waals surface area contributed by atoms with E-state index in [0.717, 1.165) is 18.0 Å². The van der Waals surface area contributed by atoms with E-state index in [1.807, 2.05) is 25.1 Å². The molecule has 0 radical (unpaired) electrons. The second-order valence-electron chi connectivity index (χ2n) is 3.92. The average Bonchev–Trinajstić information content (AvgIpc) is 2.27. The van der Waals surface area contributed by atoms with Crippen molar-refractivity contribution in [3.05, 3.63) is 23.8 Å². The Morgan fingerprint density at radius 1 is 1.31 bits per heavy atom. The Bertz CT molecular complexity index is 326. The van der Waals surface area contributed by atoms with Crippen molar-refractivity contribution in [3.8, 4) is 11.5 Å². The summed E-state index contributed by atoms with van der Waals surface area (Å²) in [4.78, 5) is 0. The predicted molar refractivity (Wildman–Crippen MR) is 66.4 cm³/mol. The summed E-state index contributed by atoms with van der Waals surface area (Å²) in [7, 11) is 1.66. The van der Waals surface area contributed by atoms with E-state index in [1.165, 1.54) is 5.56 Å². The van der Waals surface area contributed by atoms with Crippen LogP contribution in [-0.4, -0.2) is 26.3 Å². The zero-order valence-corrected chi connectivity index (χ0v) is 10.5. The smallest absolute Gasteiger partial charge is 0.161 e. The fourth-order valence-electron chi connectivity index (χ4n) is 1.52. The van der Waals surface area contributed by atoms with E-state index in [-0.39, 0.29) is 0 Å². The third-order valence-electron chi connectivity index (χ3n) is 2.36. The summed E-state index contributed by atoms with van der Waals surface area (Å²) in [5.41, 5.74) is 1.17. The zero-order chi connectivity index (χ0) is 12.0. The molecule has 1 aromatic carbocycles. The first-order valence-electron chi connectivity index (χ1n) is 5.68. The van der Waals surface area contributed by atoms with Gasteiger partial charge in [-0.3, -0.25) is 0 Å². The fourth-order valence-corrected chi connectivity index (χ4v) is 1.52. The topological polar surface area (TPSA) is 30.5 Å². The monoisotopic (exact) mass is 223 g/mol. The van der Waals surface area contributed by atoms with Crippen LogP contribution in [-0.2, 0) is 0 Å². The molecule has 0 heterocycles. The summed E-state index contributed by atoms with van der Waals surface area (Å²) in [6, 6.07) is 6.30. The number of hydrogen-bond acceptors (Lipinski definition) is 3. The van der Waals surface area contributed by atoms with Gasteiger partial charge in [0.2, 0.25) is 0 Å². The molecule has 1 atom stereocenters. The predicted octanol–water partition coefficient (Wildman–Crippen LogP) is 2.38. The minimum absolute atomic E-state index is 0.344. The van der Waals surface area contributed by atoms with E-state index >= 15 is 0 Å². The van der Waals surface area contributed by atoms with Crippen LogP contribution in [0.15, 0.2) is 18.2 Å². The molecule has 0 aliphatic heterocycles. The molecule has 0 saturated heterocycles. The second-order valence-corrected chi connectivity index (χ2v) is 3.92. The van der Waals surface area contributed by atoms with Crippen molar-refractivity contribution in [1.29, 1.82) is 0 Å². The molecule has 0 aliphatic rings. The van der Waals surface area contributed by atoms with E-state index < -0.39 is 0 Å². The summed E-state index contributed by atoms with van der Waals surface area (Å²) in [6.45, 7) is 7.82. The van der Waals surface area contributed by atoms with Gasteiger partial charge in [0.25, 0.3) is 0 Å². The van der Waals surface area contributed by atoms with Crippen molar-refractivity contribution in [2.45, 2.75) is 26.8 Å². The van der Waals surface area contributed by atoms with Gasteiger partial charge in [-0.25, -0.2) is 0 Å². The number of benzene rings is 1. The first kappa shape index (κ1) is 12.8. The Morgan fingerprint density at radius 3 is 2.69 bits per heavy atom. The summed E-state index contributed by atoms with van der Waals surface area (Å²) >= 11 is 0. The maximum Gasteiger partial charge on any atom is 0.161 e. The summed E-state index contributed by atoms with van der Waals surface area (Å²) in [5.74, 6) is 1.60. The quantitative estimate of drug-likeness (QED) is 0.803. The zero-order valence-electron chi connectivity index (χ0n) is 10.5. The van der Waals surface area contributed by atoms with Gasteiger partial charge in [0.1, 0.15) is 6.61 Å². The van der Waals surface area contributed by atoms with Crippen molar-refractivity contribution in [3.63, 3.8) is 0 Å². The number of rotatable bonds is 6. The number of methoxy groups -OCH3 is 1. The van der Waals surface area contributed by atoms with E-state index in [2.05, 4.69) is 19.2 Å². The molecule has 1 N–H and O–H groups in total. The molecule has 0 fully saturated rings. The molecule has 1 rings (SSSR count). The summed E-state index contributed by atoms with van der Waals surface area (Å²) in [6.07, 6.45) is 0. The molecule has 3 heteroatoms. The van der Waals surface area contributed by atoms with Gasteiger partial charge in [0.05, 0.1) is 7.11 Å². The Kier molecular flexibility index (Phi) is 5.12. The molecule has 0 bridgehead atoms. The Morgan fingerprint density at radius 2 is 2.06 bits per heavy atom. The minimum Gasteiger partial charge on any atom is -0.493 e. The molecule has 16 heavy (non-hydrogen) atoms. The van der Waals surface area contributed by atoms with Crippen LogP contribution in [0.1, 0.15) is 19.4 Å². The van der Waals surface area contributed by atoms with Crippen LogP contribution in [0.3, 0.4) is 0 Å². The number of ether oxygens (including phenoxy) is 2. The van der Waals surface area contributed by atoms with Crippen molar-refractivity contribution in [2.24, 2.45) is 0 Å². The first-order valence-corrected chi connectivity index (χ1v) is 5.68. The van der Waals surface area contributed by atoms with Gasteiger partial charge in [0, 0.05) is 6.04 Å². The Labute approximate surface area is 97.8 Å². The average molecular weight is 223 g/mol. The number of likely N-dealkylation sites (N-methyl/N-ethyl adjacent to an activating group) is 1. The third kappa shape index (κ3) is 3.74. The Balaban J connectivity index is 2.59. The SMILES string of the molecule is CCNC(C)COc1ccc(C)cc1OC. The minimum atomic E-state index is 0.344. The summed E-state index contributed by atoms with van der Waals surface area (Å²) in [5, 5.41) is 3.30. The van der Waals surface area contributed by atoms with E-state index in [0.29, 0.717) is 12.6 Å². The lowest BCUT2D eigenvalue weighted by Crippen LogP contribution is -2.31. The van der Waals surface area contributed by atoms with Gasteiger partial charge in [-0.05, 0) is 38.1 Å². The highest BCUT2D eigenvalue weighted by atomic mass is 16.5. The molecular weight excluding hydrogens is 202 g/mol. The largest absolute Gasteiger partial charge is 0.493 e. The number of hydrogen-bond donors (Lipinski definition) is 1. The molecule has 0 aliphatic carbocycles. The number of nitrogens with one attached hydrogen (secondary N) is 1. The lowest BCUT2D eigenvalue weighted by Gasteiger charge is -2.15. The number of aryl methyl sites for hydroxylation is 1. The third-order valence-corrected chi connectivity index (χ3v) is 2.36. The fraction of sp³-hybridized carbons (Fsp3) is 0.538. The van der Waals surface area contributed by atoms with Crippen LogP contribution in [0.4, 0.5) is 0 Å². The van der Waals surface area contributed by atoms with Gasteiger partial charge in [-0.15, -0.1) is 0 Å². The van der Waals surface area contributed by atoms with Gasteiger partial charge in [0.15, 0.2) is 11.5 Å². The van der Waals surface area contributed by atoms with Crippen LogP contribution in [0.2, 0.25) is 0 Å². The Hall–Kier alpha value is -1.22. The highest BCUT2D eigenvalue weighted by molar-refractivity contribution is 5.42. The molecule has 90 valence electrons. The van der Waals surface area contributed by atoms with Crippen LogP contribution >= 0.6 is 0 Å². The van der Waals surface area contributed by atoms with Gasteiger partial charge >= 0.3 is 0 Å². The maximum atomic E-state index is 5.71. The highest BCUT2D eigenvalue weighted by Crippen LogP contribution is 2.27. The van der Waals surface area contributed by atoms with Gasteiger partial charge in [-0.1, -0.05) is 13.0 Å². The van der Waals surface area contributed by atoms with Crippen LogP contribution < -0.4 is 14.8 Å². The van der Waals surface area contributed by atoms with Crippen molar-refractivity contribution < 1.29 is 9.47 Å². The van der Waals surface area contributed by atoms with Crippen LogP contribution in [0.5, 0.6) is 11.5 Å². The van der Waals surface area contributed by atoms with E-state index in [1.54, 1.807) is 7.11 Å². The molecule has 1 aromatic rings. The van der Waals surface area contributed by atoms with Crippen LogP contribution in [0.25, 0.3) is 0 Å². The first-order chi connectivity index (χ1) is 7.67. The lowest BCUT2D eigenvalue weighted by molar-refractivity contribution is 0.261.